The van der Waals surface area contributed by atoms with Gasteiger partial charge in [-0.1, -0.05) is 31.6 Å². The van der Waals surface area contributed by atoms with Crippen LogP contribution in [-0.2, 0) is 11.8 Å². The minimum Gasteiger partial charge on any atom is -0.299 e. The molecule has 1 fully saturated rings. The maximum absolute atomic E-state index is 11.2. The Hall–Kier alpha value is -1.41. The number of carbonyl (C=O) groups is 1. The molecule has 1 saturated carbocycles. The Kier molecular flexibility index (Phi) is 3.75. The largest absolute Gasteiger partial charge is 0.299 e. The summed E-state index contributed by atoms with van der Waals surface area (Å²) in [4.78, 5) is 13.6. The first-order valence-corrected chi connectivity index (χ1v) is 8.00. The summed E-state index contributed by atoms with van der Waals surface area (Å²) in [6, 6.07) is 6.84. The third-order valence-corrected chi connectivity index (χ3v) is 5.63. The molecule has 1 aromatic carbocycles. The lowest BCUT2D eigenvalue weighted by molar-refractivity contribution is 0.0533. The minimum atomic E-state index is 0.160. The van der Waals surface area contributed by atoms with Crippen molar-refractivity contribution in [1.29, 1.82) is 0 Å². The van der Waals surface area contributed by atoms with Crippen molar-refractivity contribution in [2.75, 3.05) is 13.6 Å². The highest BCUT2D eigenvalue weighted by Gasteiger charge is 2.49. The average Bonchev–Trinajstić information content (AvgIpc) is 2.46. The van der Waals surface area contributed by atoms with Crippen LogP contribution in [0.5, 0.6) is 0 Å². The molecule has 2 heteroatoms. The Bertz CT molecular complexity index is 565. The molecule has 0 spiro atoms. The van der Waals surface area contributed by atoms with E-state index in [2.05, 4.69) is 37.6 Å². The van der Waals surface area contributed by atoms with E-state index in [0.29, 0.717) is 6.04 Å². The van der Waals surface area contributed by atoms with Crippen LogP contribution in [0.2, 0.25) is 0 Å². The Morgan fingerprint density at radius 2 is 2.29 bits per heavy atom. The molecule has 0 radical (unpaired) electrons. The lowest BCUT2D eigenvalue weighted by Gasteiger charge is -2.54. The van der Waals surface area contributed by atoms with E-state index in [1.165, 1.54) is 30.4 Å². The number of hydrogen-bond acceptors (Lipinski definition) is 2. The summed E-state index contributed by atoms with van der Waals surface area (Å²) in [7, 11) is 2.22. The number of aldehydes is 1. The number of nitrogens with zero attached hydrogens (tertiary/aromatic N) is 1. The van der Waals surface area contributed by atoms with Crippen LogP contribution in [0.1, 0.15) is 47.7 Å². The Balaban J connectivity index is 2.09. The molecule has 2 bridgehead atoms. The number of likely N-dealkylation sites (N-methyl/N-ethyl adjacent to an activating group) is 1. The highest BCUT2D eigenvalue weighted by atomic mass is 16.1. The average molecular weight is 283 g/mol. The first-order valence-electron chi connectivity index (χ1n) is 8.00. The molecular formula is C19H25NO. The van der Waals surface area contributed by atoms with Crippen molar-refractivity contribution in [1.82, 2.24) is 4.90 Å². The molecule has 112 valence electrons. The van der Waals surface area contributed by atoms with E-state index in [4.69, 9.17) is 0 Å². The molecule has 0 aromatic heterocycles. The van der Waals surface area contributed by atoms with Gasteiger partial charge < -0.3 is 0 Å². The van der Waals surface area contributed by atoms with Crippen LogP contribution in [-0.4, -0.2) is 30.8 Å². The molecular weight excluding hydrogens is 258 g/mol. The van der Waals surface area contributed by atoms with Gasteiger partial charge in [-0.3, -0.25) is 9.69 Å². The zero-order valence-electron chi connectivity index (χ0n) is 13.1. The summed E-state index contributed by atoms with van der Waals surface area (Å²) in [5.74, 6) is 0.725. The third kappa shape index (κ3) is 2.26. The van der Waals surface area contributed by atoms with Crippen molar-refractivity contribution < 1.29 is 4.79 Å². The van der Waals surface area contributed by atoms with Crippen LogP contribution in [0.3, 0.4) is 0 Å². The van der Waals surface area contributed by atoms with Gasteiger partial charge in [0.1, 0.15) is 6.29 Å². The van der Waals surface area contributed by atoms with Crippen molar-refractivity contribution in [3.8, 4) is 0 Å². The second kappa shape index (κ2) is 5.42. The fourth-order valence-corrected chi connectivity index (χ4v) is 4.89. The molecule has 0 saturated heterocycles. The minimum absolute atomic E-state index is 0.160. The third-order valence-electron chi connectivity index (χ3n) is 5.63. The van der Waals surface area contributed by atoms with Crippen molar-refractivity contribution >= 4 is 6.29 Å². The molecule has 0 aliphatic heterocycles. The van der Waals surface area contributed by atoms with Crippen LogP contribution >= 0.6 is 0 Å². The molecule has 2 aliphatic carbocycles. The van der Waals surface area contributed by atoms with E-state index in [1.807, 2.05) is 12.1 Å². The maximum atomic E-state index is 11.2. The standard InChI is InChI=1S/C19H25NO/c1-4-10-20(3)18-16-6-5-9-19(18,2)17-11-14(13-21)7-8-15(17)12-16/h4,7-8,11,13,16,18H,1,5-6,9-10,12H2,2-3H3/t16?,18-,19-/m1/s1. The van der Waals surface area contributed by atoms with Crippen molar-refractivity contribution in [2.45, 2.75) is 44.1 Å². The molecule has 0 amide bonds. The Morgan fingerprint density at radius 1 is 1.48 bits per heavy atom. The number of fused-ring (bicyclic) bond motifs is 4. The van der Waals surface area contributed by atoms with E-state index in [0.717, 1.165) is 30.7 Å². The lowest BCUT2D eigenvalue weighted by Crippen LogP contribution is -2.57. The highest BCUT2D eigenvalue weighted by Crippen LogP contribution is 2.50. The van der Waals surface area contributed by atoms with Gasteiger partial charge >= 0.3 is 0 Å². The van der Waals surface area contributed by atoms with Gasteiger partial charge in [-0.25, -0.2) is 0 Å². The summed E-state index contributed by atoms with van der Waals surface area (Å²) < 4.78 is 0. The topological polar surface area (TPSA) is 20.3 Å². The molecule has 3 atom stereocenters. The normalized spacial score (nSPS) is 30.8. The van der Waals surface area contributed by atoms with Gasteiger partial charge in [-0.15, -0.1) is 6.58 Å². The van der Waals surface area contributed by atoms with Crippen LogP contribution in [0.25, 0.3) is 0 Å². The molecule has 2 nitrogen and oxygen atoms in total. The summed E-state index contributed by atoms with van der Waals surface area (Å²) in [6.07, 6.45) is 7.94. The fraction of sp³-hybridized carbons (Fsp3) is 0.526. The number of benzene rings is 1. The van der Waals surface area contributed by atoms with E-state index >= 15 is 0 Å². The van der Waals surface area contributed by atoms with Crippen LogP contribution in [0.15, 0.2) is 30.9 Å². The predicted molar refractivity (Wildman–Crippen MR) is 86.8 cm³/mol. The van der Waals surface area contributed by atoms with Gasteiger partial charge in [0.25, 0.3) is 0 Å². The van der Waals surface area contributed by atoms with Crippen LogP contribution in [0, 0.1) is 5.92 Å². The molecule has 2 aliphatic rings. The molecule has 0 heterocycles. The van der Waals surface area contributed by atoms with Gasteiger partial charge in [-0.2, -0.15) is 0 Å². The predicted octanol–water partition coefficient (Wildman–Crippen LogP) is 3.60. The van der Waals surface area contributed by atoms with Gasteiger partial charge in [0.2, 0.25) is 0 Å². The SMILES string of the molecule is C=CCN(C)[C@@H]1C2CCC[C@]1(C)c1cc(C=O)ccc1C2. The van der Waals surface area contributed by atoms with Crippen LogP contribution in [0.4, 0.5) is 0 Å². The van der Waals surface area contributed by atoms with E-state index < -0.39 is 0 Å². The smallest absolute Gasteiger partial charge is 0.150 e. The van der Waals surface area contributed by atoms with Gasteiger partial charge in [0, 0.05) is 23.6 Å². The van der Waals surface area contributed by atoms with E-state index in [1.54, 1.807) is 0 Å². The second-order valence-electron chi connectivity index (χ2n) is 6.98. The summed E-state index contributed by atoms with van der Waals surface area (Å²) in [5.41, 5.74) is 3.83. The van der Waals surface area contributed by atoms with Crippen molar-refractivity contribution in [3.63, 3.8) is 0 Å². The number of rotatable bonds is 4. The van der Waals surface area contributed by atoms with Gasteiger partial charge in [-0.05, 0) is 49.4 Å². The molecule has 0 N–H and O–H groups in total. The van der Waals surface area contributed by atoms with Crippen molar-refractivity contribution in [2.24, 2.45) is 5.92 Å². The number of hydrogen-bond donors (Lipinski definition) is 0. The van der Waals surface area contributed by atoms with Crippen molar-refractivity contribution in [3.05, 3.63) is 47.5 Å². The number of carbonyl (C=O) groups excluding carboxylic acids is 1. The Labute approximate surface area is 127 Å². The molecule has 21 heavy (non-hydrogen) atoms. The maximum Gasteiger partial charge on any atom is 0.150 e. The monoisotopic (exact) mass is 283 g/mol. The fourth-order valence-electron chi connectivity index (χ4n) is 4.89. The van der Waals surface area contributed by atoms with E-state index in [-0.39, 0.29) is 5.41 Å². The zero-order chi connectivity index (χ0) is 15.0. The lowest BCUT2D eigenvalue weighted by atomic mass is 9.56. The quantitative estimate of drug-likeness (QED) is 0.621. The summed E-state index contributed by atoms with van der Waals surface area (Å²) in [5, 5.41) is 0. The zero-order valence-corrected chi connectivity index (χ0v) is 13.1. The van der Waals surface area contributed by atoms with E-state index in [9.17, 15) is 4.79 Å². The highest BCUT2D eigenvalue weighted by molar-refractivity contribution is 5.75. The molecule has 1 aromatic rings. The summed E-state index contributed by atoms with van der Waals surface area (Å²) >= 11 is 0. The van der Waals surface area contributed by atoms with Gasteiger partial charge in [0.05, 0.1) is 0 Å². The second-order valence-corrected chi connectivity index (χ2v) is 6.98. The summed E-state index contributed by atoms with van der Waals surface area (Å²) in [6.45, 7) is 7.22. The van der Waals surface area contributed by atoms with Gasteiger partial charge in [0.15, 0.2) is 0 Å². The van der Waals surface area contributed by atoms with Crippen LogP contribution < -0.4 is 0 Å². The Morgan fingerprint density at radius 3 is 3.00 bits per heavy atom. The first kappa shape index (κ1) is 14.5. The first-order chi connectivity index (χ1) is 10.1. The molecule has 1 unspecified atom stereocenters. The molecule has 3 rings (SSSR count).